The number of rotatable bonds is 3. The summed E-state index contributed by atoms with van der Waals surface area (Å²) in [6.07, 6.45) is 5.66. The van der Waals surface area contributed by atoms with E-state index in [1.165, 1.54) is 23.1 Å². The maximum absolute atomic E-state index is 12.3. The first-order valence-corrected chi connectivity index (χ1v) is 9.63. The zero-order chi connectivity index (χ0) is 17.4. The lowest BCUT2D eigenvalue weighted by atomic mass is 9.58. The van der Waals surface area contributed by atoms with E-state index < -0.39 is 5.54 Å². The largest absolute Gasteiger partial charge is 0.150 e. The van der Waals surface area contributed by atoms with Gasteiger partial charge in [0.1, 0.15) is 5.54 Å². The van der Waals surface area contributed by atoms with Gasteiger partial charge in [-0.15, -0.1) is 4.91 Å². The topological polar surface area (TPSA) is 29.4 Å². The molecule has 0 heterocycles. The second kappa shape index (κ2) is 6.40. The first-order chi connectivity index (χ1) is 12.1. The van der Waals surface area contributed by atoms with Crippen molar-refractivity contribution in [3.63, 3.8) is 0 Å². The highest BCUT2D eigenvalue weighted by molar-refractivity contribution is 5.69. The van der Waals surface area contributed by atoms with Crippen LogP contribution in [0.3, 0.4) is 0 Å². The molecule has 0 spiro atoms. The van der Waals surface area contributed by atoms with Crippen LogP contribution in [0, 0.1) is 29.6 Å². The van der Waals surface area contributed by atoms with Gasteiger partial charge in [-0.05, 0) is 73.5 Å². The molecule has 25 heavy (non-hydrogen) atoms. The van der Waals surface area contributed by atoms with E-state index in [-0.39, 0.29) is 0 Å². The van der Waals surface area contributed by atoms with Crippen molar-refractivity contribution >= 4 is 0 Å². The quantitative estimate of drug-likeness (QED) is 0.592. The van der Waals surface area contributed by atoms with E-state index in [1.807, 2.05) is 0 Å². The summed E-state index contributed by atoms with van der Waals surface area (Å²) in [6, 6.07) is 17.1. The number of fused-ring (bicyclic) bond motifs is 2. The molecule has 2 aromatic carbocycles. The van der Waals surface area contributed by atoms with Crippen molar-refractivity contribution in [3.05, 3.63) is 64.6 Å². The molecule has 2 fully saturated rings. The van der Waals surface area contributed by atoms with Crippen LogP contribution in [0.15, 0.2) is 53.7 Å². The highest BCUT2D eigenvalue weighted by Gasteiger charge is 2.50. The lowest BCUT2D eigenvalue weighted by molar-refractivity contribution is 0.0653. The summed E-state index contributed by atoms with van der Waals surface area (Å²) in [7, 11) is 0. The summed E-state index contributed by atoms with van der Waals surface area (Å²) in [5.41, 5.74) is 4.22. The van der Waals surface area contributed by atoms with Gasteiger partial charge in [0, 0.05) is 0 Å². The molecule has 4 rings (SSSR count). The summed E-state index contributed by atoms with van der Waals surface area (Å²) in [5, 5.41) is 3.86. The molecule has 0 N–H and O–H groups in total. The number of nitrogens with zero attached hydrogens (tertiary/aromatic N) is 1. The maximum Gasteiger partial charge on any atom is 0.131 e. The molecule has 2 nitrogen and oxygen atoms in total. The Morgan fingerprint density at radius 2 is 1.76 bits per heavy atom. The molecule has 130 valence electrons. The molecule has 2 saturated carbocycles. The minimum atomic E-state index is -0.549. The Hall–Kier alpha value is -1.96. The van der Waals surface area contributed by atoms with Gasteiger partial charge in [-0.1, -0.05) is 66.2 Å². The fraction of sp³-hybridized carbons (Fsp3) is 0.478. The van der Waals surface area contributed by atoms with Crippen LogP contribution in [0.1, 0.15) is 50.2 Å². The summed E-state index contributed by atoms with van der Waals surface area (Å²) in [5.74, 6) is 1.88. The Morgan fingerprint density at radius 3 is 2.52 bits per heavy atom. The van der Waals surface area contributed by atoms with E-state index in [0.29, 0.717) is 11.8 Å². The Bertz CT molecular complexity index is 764. The van der Waals surface area contributed by atoms with E-state index >= 15 is 0 Å². The van der Waals surface area contributed by atoms with Crippen LogP contribution in [0.2, 0.25) is 0 Å². The fourth-order valence-corrected chi connectivity index (χ4v) is 5.37. The summed E-state index contributed by atoms with van der Waals surface area (Å²) < 4.78 is 0. The van der Waals surface area contributed by atoms with E-state index in [1.54, 1.807) is 0 Å². The number of benzene rings is 2. The van der Waals surface area contributed by atoms with Crippen LogP contribution in [-0.2, 0) is 5.54 Å². The molecular weight excluding hydrogens is 306 g/mol. The van der Waals surface area contributed by atoms with Crippen molar-refractivity contribution in [2.24, 2.45) is 22.9 Å². The molecule has 0 aliphatic heterocycles. The highest BCUT2D eigenvalue weighted by Crippen LogP contribution is 2.55. The van der Waals surface area contributed by atoms with E-state index in [2.05, 4.69) is 67.6 Å². The van der Waals surface area contributed by atoms with Gasteiger partial charge in [0.2, 0.25) is 0 Å². The molecular formula is C23H27NO. The number of hydrogen-bond acceptors (Lipinski definition) is 2. The molecule has 0 saturated heterocycles. The first kappa shape index (κ1) is 16.5. The van der Waals surface area contributed by atoms with Gasteiger partial charge in [-0.25, -0.2) is 0 Å². The summed E-state index contributed by atoms with van der Waals surface area (Å²) >= 11 is 0. The Labute approximate surface area is 150 Å². The Morgan fingerprint density at radius 1 is 1.00 bits per heavy atom. The first-order valence-electron chi connectivity index (χ1n) is 9.63. The summed E-state index contributed by atoms with van der Waals surface area (Å²) in [6.45, 7) is 4.45. The third-order valence-electron chi connectivity index (χ3n) is 6.57. The monoisotopic (exact) mass is 333 g/mol. The minimum Gasteiger partial charge on any atom is -0.150 e. The van der Waals surface area contributed by atoms with E-state index in [0.717, 1.165) is 37.2 Å². The van der Waals surface area contributed by atoms with Crippen LogP contribution in [-0.4, -0.2) is 0 Å². The molecule has 0 radical (unpaired) electrons. The molecule has 2 aliphatic carbocycles. The maximum atomic E-state index is 12.3. The van der Waals surface area contributed by atoms with Crippen molar-refractivity contribution in [2.75, 3.05) is 0 Å². The minimum absolute atomic E-state index is 0.388. The zero-order valence-electron chi connectivity index (χ0n) is 15.2. The normalized spacial score (nSPS) is 31.5. The van der Waals surface area contributed by atoms with Gasteiger partial charge in [0.25, 0.3) is 0 Å². The number of hydrogen-bond donors (Lipinski definition) is 0. The van der Waals surface area contributed by atoms with Gasteiger partial charge in [-0.2, -0.15) is 0 Å². The van der Waals surface area contributed by atoms with Gasteiger partial charge in [-0.3, -0.25) is 0 Å². The lowest BCUT2D eigenvalue weighted by Crippen LogP contribution is -2.43. The van der Waals surface area contributed by atoms with Crippen molar-refractivity contribution in [1.29, 1.82) is 0 Å². The standard InChI is InChI=1S/C23H27NO/c1-16-7-9-19(10-8-16)21-5-3-4-6-22(21)23(24-25)12-11-18-13-17(2)14-20(23)15-18/h3-10,17-18,20H,11-15H2,1-2H3. The molecule has 0 aromatic heterocycles. The van der Waals surface area contributed by atoms with Gasteiger partial charge in [0.15, 0.2) is 0 Å². The lowest BCUT2D eigenvalue weighted by Gasteiger charge is -2.48. The molecule has 4 unspecified atom stereocenters. The SMILES string of the molecule is Cc1ccc(-c2ccccc2C2(N=O)CCC3CC(C)CC2C3)cc1. The van der Waals surface area contributed by atoms with Crippen molar-refractivity contribution in [3.8, 4) is 11.1 Å². The predicted molar refractivity (Wildman–Crippen MR) is 103 cm³/mol. The van der Waals surface area contributed by atoms with Crippen molar-refractivity contribution < 1.29 is 0 Å². The van der Waals surface area contributed by atoms with Gasteiger partial charge < -0.3 is 0 Å². The zero-order valence-corrected chi connectivity index (χ0v) is 15.2. The van der Waals surface area contributed by atoms with E-state index in [9.17, 15) is 4.91 Å². The summed E-state index contributed by atoms with van der Waals surface area (Å²) in [4.78, 5) is 12.3. The van der Waals surface area contributed by atoms with Gasteiger partial charge in [0.05, 0.1) is 0 Å². The molecule has 2 bridgehead atoms. The molecule has 2 aromatic rings. The van der Waals surface area contributed by atoms with Crippen molar-refractivity contribution in [2.45, 2.75) is 51.5 Å². The molecule has 4 atom stereocenters. The molecule has 2 aliphatic rings. The Balaban J connectivity index is 1.82. The number of nitroso groups, excluding NO2 is 1. The van der Waals surface area contributed by atoms with Gasteiger partial charge >= 0.3 is 0 Å². The average Bonchev–Trinajstić information content (AvgIpc) is 2.63. The third kappa shape index (κ3) is 2.82. The van der Waals surface area contributed by atoms with E-state index in [4.69, 9.17) is 0 Å². The second-order valence-corrected chi connectivity index (χ2v) is 8.34. The smallest absolute Gasteiger partial charge is 0.131 e. The molecule has 0 amide bonds. The molecule has 2 heteroatoms. The second-order valence-electron chi connectivity index (χ2n) is 8.34. The van der Waals surface area contributed by atoms with Crippen LogP contribution in [0.25, 0.3) is 11.1 Å². The van der Waals surface area contributed by atoms with Crippen LogP contribution >= 0.6 is 0 Å². The third-order valence-corrected chi connectivity index (χ3v) is 6.57. The average molecular weight is 333 g/mol. The van der Waals surface area contributed by atoms with Crippen molar-refractivity contribution in [1.82, 2.24) is 0 Å². The fourth-order valence-electron chi connectivity index (χ4n) is 5.37. The Kier molecular flexibility index (Phi) is 4.23. The van der Waals surface area contributed by atoms with Crippen LogP contribution in [0.5, 0.6) is 0 Å². The van der Waals surface area contributed by atoms with Crippen LogP contribution in [0.4, 0.5) is 0 Å². The van der Waals surface area contributed by atoms with Crippen LogP contribution < -0.4 is 0 Å². The number of aryl methyl sites for hydroxylation is 1. The highest BCUT2D eigenvalue weighted by atomic mass is 16.3. The predicted octanol–water partition coefficient (Wildman–Crippen LogP) is 6.47.